The minimum atomic E-state index is -2.95. The van der Waals surface area contributed by atoms with E-state index in [1.165, 1.54) is 0 Å². The number of sulfone groups is 1. The van der Waals surface area contributed by atoms with Gasteiger partial charge in [0.15, 0.2) is 21.5 Å². The Kier molecular flexibility index (Phi) is 5.40. The molecule has 2 amide bonds. The molecule has 0 saturated carbocycles. The Labute approximate surface area is 136 Å². The number of anilines is 2. The van der Waals surface area contributed by atoms with Gasteiger partial charge in [-0.25, -0.2) is 13.2 Å². The third-order valence-corrected chi connectivity index (χ3v) is 5.35. The van der Waals surface area contributed by atoms with Crippen molar-refractivity contribution in [3.8, 4) is 0 Å². The van der Waals surface area contributed by atoms with Gasteiger partial charge in [0.25, 0.3) is 0 Å². The molecular formula is C14H23N5O3S. The van der Waals surface area contributed by atoms with Crippen molar-refractivity contribution in [2.45, 2.75) is 39.3 Å². The summed E-state index contributed by atoms with van der Waals surface area (Å²) < 4.78 is 23.3. The van der Waals surface area contributed by atoms with E-state index in [0.717, 1.165) is 0 Å². The maximum absolute atomic E-state index is 11.6. The van der Waals surface area contributed by atoms with Crippen molar-refractivity contribution in [3.05, 3.63) is 12.1 Å². The lowest BCUT2D eigenvalue weighted by atomic mass is 10.2. The topological polar surface area (TPSA) is 104 Å². The lowest BCUT2D eigenvalue weighted by Gasteiger charge is -2.27. The van der Waals surface area contributed by atoms with Crippen molar-refractivity contribution in [2.75, 3.05) is 28.3 Å². The third-order valence-electron chi connectivity index (χ3n) is 3.60. The van der Waals surface area contributed by atoms with E-state index in [1.807, 2.05) is 25.7 Å². The Morgan fingerprint density at radius 3 is 2.61 bits per heavy atom. The third kappa shape index (κ3) is 4.78. The van der Waals surface area contributed by atoms with Crippen LogP contribution in [-0.2, 0) is 9.84 Å². The van der Waals surface area contributed by atoms with Crippen LogP contribution < -0.4 is 15.5 Å². The van der Waals surface area contributed by atoms with Crippen molar-refractivity contribution in [1.82, 2.24) is 15.5 Å². The highest BCUT2D eigenvalue weighted by Gasteiger charge is 2.32. The Balaban J connectivity index is 2.04. The Morgan fingerprint density at radius 2 is 2.13 bits per heavy atom. The summed E-state index contributed by atoms with van der Waals surface area (Å²) in [6, 6.07) is 3.03. The molecule has 2 rings (SSSR count). The first-order valence-electron chi connectivity index (χ1n) is 7.69. The zero-order chi connectivity index (χ0) is 17.0. The average Bonchev–Trinajstić information content (AvgIpc) is 2.80. The first-order chi connectivity index (χ1) is 10.8. The summed E-state index contributed by atoms with van der Waals surface area (Å²) in [4.78, 5) is 13.6. The van der Waals surface area contributed by atoms with Crippen molar-refractivity contribution >= 4 is 27.5 Å². The molecule has 0 spiro atoms. The highest BCUT2D eigenvalue weighted by atomic mass is 32.2. The van der Waals surface area contributed by atoms with Crippen molar-refractivity contribution in [3.63, 3.8) is 0 Å². The molecule has 1 atom stereocenters. The second-order valence-electron chi connectivity index (χ2n) is 5.87. The van der Waals surface area contributed by atoms with Crippen LogP contribution in [0.15, 0.2) is 12.1 Å². The summed E-state index contributed by atoms with van der Waals surface area (Å²) in [7, 11) is -2.95. The van der Waals surface area contributed by atoms with Crippen LogP contribution >= 0.6 is 0 Å². The standard InChI is InChI=1S/C14H23N5O3S/c1-4-19(11-7-8-23(21,22)9-11)13-6-5-12(17-18-13)16-14(20)15-10(2)3/h5-6,10-11H,4,7-9H2,1-3H3,(H2,15,16,17,20). The average molecular weight is 341 g/mol. The molecule has 9 heteroatoms. The largest absolute Gasteiger partial charge is 0.351 e. The van der Waals surface area contributed by atoms with Crippen LogP contribution in [0.4, 0.5) is 16.4 Å². The highest BCUT2D eigenvalue weighted by Crippen LogP contribution is 2.22. The molecule has 0 aliphatic carbocycles. The van der Waals surface area contributed by atoms with E-state index in [9.17, 15) is 13.2 Å². The zero-order valence-electron chi connectivity index (χ0n) is 13.6. The van der Waals surface area contributed by atoms with Crippen LogP contribution in [0.1, 0.15) is 27.2 Å². The molecule has 2 N–H and O–H groups in total. The van der Waals surface area contributed by atoms with Crippen LogP contribution in [-0.4, -0.2) is 54.8 Å². The maximum Gasteiger partial charge on any atom is 0.320 e. The van der Waals surface area contributed by atoms with Crippen LogP contribution in [0.5, 0.6) is 0 Å². The predicted molar refractivity (Wildman–Crippen MR) is 89.4 cm³/mol. The number of hydrogen-bond acceptors (Lipinski definition) is 6. The van der Waals surface area contributed by atoms with Gasteiger partial charge in [-0.05, 0) is 39.3 Å². The van der Waals surface area contributed by atoms with Gasteiger partial charge in [-0.1, -0.05) is 0 Å². The molecule has 0 bridgehead atoms. The van der Waals surface area contributed by atoms with Gasteiger partial charge in [0.2, 0.25) is 0 Å². The number of rotatable bonds is 5. The first-order valence-corrected chi connectivity index (χ1v) is 9.51. The summed E-state index contributed by atoms with van der Waals surface area (Å²) in [6.45, 7) is 6.33. The fraction of sp³-hybridized carbons (Fsp3) is 0.643. The molecule has 0 aromatic carbocycles. The van der Waals surface area contributed by atoms with Gasteiger partial charge in [-0.3, -0.25) is 5.32 Å². The summed E-state index contributed by atoms with van der Waals surface area (Å²) in [6.07, 6.45) is 0.606. The maximum atomic E-state index is 11.6. The van der Waals surface area contributed by atoms with Gasteiger partial charge >= 0.3 is 6.03 Å². The van der Waals surface area contributed by atoms with Gasteiger partial charge in [0, 0.05) is 18.6 Å². The van der Waals surface area contributed by atoms with E-state index in [1.54, 1.807) is 12.1 Å². The molecule has 1 aromatic heterocycles. The normalized spacial score (nSPS) is 19.6. The van der Waals surface area contributed by atoms with Crippen molar-refractivity contribution in [1.29, 1.82) is 0 Å². The van der Waals surface area contributed by atoms with Crippen LogP contribution in [0, 0.1) is 0 Å². The number of carbonyl (C=O) groups excluding carboxylic acids is 1. The van der Waals surface area contributed by atoms with Crippen LogP contribution in [0.25, 0.3) is 0 Å². The molecular weight excluding hydrogens is 318 g/mol. The van der Waals surface area contributed by atoms with Gasteiger partial charge in [-0.2, -0.15) is 0 Å². The second-order valence-corrected chi connectivity index (χ2v) is 8.10. The molecule has 8 nitrogen and oxygen atoms in total. The minimum absolute atomic E-state index is 0.0298. The van der Waals surface area contributed by atoms with Gasteiger partial charge < -0.3 is 10.2 Å². The van der Waals surface area contributed by atoms with Crippen molar-refractivity contribution < 1.29 is 13.2 Å². The van der Waals surface area contributed by atoms with Gasteiger partial charge in [0.05, 0.1) is 11.5 Å². The van der Waals surface area contributed by atoms with Crippen LogP contribution in [0.2, 0.25) is 0 Å². The number of carbonyl (C=O) groups is 1. The Bertz CT molecular complexity index is 645. The Hall–Kier alpha value is -1.90. The molecule has 1 aliphatic heterocycles. The lowest BCUT2D eigenvalue weighted by molar-refractivity contribution is 0.250. The molecule has 23 heavy (non-hydrogen) atoms. The van der Waals surface area contributed by atoms with E-state index in [-0.39, 0.29) is 29.6 Å². The number of nitrogens with zero attached hydrogens (tertiary/aromatic N) is 3. The highest BCUT2D eigenvalue weighted by molar-refractivity contribution is 7.91. The quantitative estimate of drug-likeness (QED) is 0.828. The van der Waals surface area contributed by atoms with Crippen molar-refractivity contribution in [2.24, 2.45) is 0 Å². The second kappa shape index (κ2) is 7.12. The fourth-order valence-electron chi connectivity index (χ4n) is 2.59. The first kappa shape index (κ1) is 17.5. The van der Waals surface area contributed by atoms with E-state index in [0.29, 0.717) is 24.6 Å². The number of amides is 2. The monoisotopic (exact) mass is 341 g/mol. The van der Waals surface area contributed by atoms with Gasteiger partial charge in [0.1, 0.15) is 0 Å². The lowest BCUT2D eigenvalue weighted by Crippen LogP contribution is -2.37. The van der Waals surface area contributed by atoms with E-state index in [4.69, 9.17) is 0 Å². The molecule has 1 aliphatic rings. The summed E-state index contributed by atoms with van der Waals surface area (Å²) in [5.41, 5.74) is 0. The van der Waals surface area contributed by atoms with Gasteiger partial charge in [-0.15, -0.1) is 10.2 Å². The SMILES string of the molecule is CCN(c1ccc(NC(=O)NC(C)C)nn1)C1CCS(=O)(=O)C1. The minimum Gasteiger partial charge on any atom is -0.351 e. The summed E-state index contributed by atoms with van der Waals surface area (Å²) >= 11 is 0. The van der Waals surface area contributed by atoms with E-state index >= 15 is 0 Å². The molecule has 1 aromatic rings. The molecule has 1 unspecified atom stereocenters. The zero-order valence-corrected chi connectivity index (χ0v) is 14.4. The number of urea groups is 1. The molecule has 128 valence electrons. The van der Waals surface area contributed by atoms with E-state index in [2.05, 4.69) is 20.8 Å². The van der Waals surface area contributed by atoms with E-state index < -0.39 is 9.84 Å². The Morgan fingerprint density at radius 1 is 1.39 bits per heavy atom. The fourth-order valence-corrected chi connectivity index (χ4v) is 4.32. The van der Waals surface area contributed by atoms with Crippen LogP contribution in [0.3, 0.4) is 0 Å². The predicted octanol–water partition coefficient (Wildman–Crippen LogP) is 1.02. The molecule has 2 heterocycles. The number of nitrogens with one attached hydrogen (secondary N) is 2. The summed E-state index contributed by atoms with van der Waals surface area (Å²) in [5.74, 6) is 1.34. The molecule has 1 saturated heterocycles. The summed E-state index contributed by atoms with van der Waals surface area (Å²) in [5, 5.41) is 13.4. The number of hydrogen-bond donors (Lipinski definition) is 2. The number of aromatic nitrogens is 2. The molecule has 1 fully saturated rings. The molecule has 0 radical (unpaired) electrons. The smallest absolute Gasteiger partial charge is 0.320 e.